The van der Waals surface area contributed by atoms with Gasteiger partial charge in [0.05, 0.1) is 17.7 Å². The minimum Gasteiger partial charge on any atom is -0.481 e. The number of rotatable bonds is 3. The number of nitrogens with zero attached hydrogens (tertiary/aromatic N) is 1. The van der Waals surface area contributed by atoms with E-state index >= 15 is 0 Å². The summed E-state index contributed by atoms with van der Waals surface area (Å²) in [4.78, 5) is 14.3. The third kappa shape index (κ3) is 3.08. The minimum absolute atomic E-state index is 0.0538. The van der Waals surface area contributed by atoms with Crippen molar-refractivity contribution in [2.75, 3.05) is 0 Å². The molecule has 0 aliphatic heterocycles. The maximum Gasteiger partial charge on any atom is 0.309 e. The van der Waals surface area contributed by atoms with Crippen LogP contribution in [0.4, 0.5) is 8.78 Å². The molecule has 1 aromatic rings. The lowest BCUT2D eigenvalue weighted by atomic mass is 10.1. The number of carbonyl (C=O) groups is 1. The van der Waals surface area contributed by atoms with Crippen LogP contribution in [0.3, 0.4) is 0 Å². The van der Waals surface area contributed by atoms with E-state index in [1.54, 1.807) is 29.5 Å². The van der Waals surface area contributed by atoms with Crippen LogP contribution in [0, 0.1) is 10.5 Å². The molecule has 1 heterocycles. The highest BCUT2D eigenvalue weighted by Gasteiger charge is 2.20. The van der Waals surface area contributed by atoms with Crippen molar-refractivity contribution in [2.45, 2.75) is 19.8 Å². The Bertz CT molecular complexity index is 396. The second kappa shape index (κ2) is 4.82. The first kappa shape index (κ1) is 12.3. The SMILES string of the molecule is Cc1cc(I)c(C(F)F)c(CC(=O)O)n1. The zero-order chi connectivity index (χ0) is 11.6. The molecule has 6 heteroatoms. The zero-order valence-corrected chi connectivity index (χ0v) is 9.96. The van der Waals surface area contributed by atoms with Crippen LogP contribution < -0.4 is 0 Å². The molecule has 1 N–H and O–H groups in total. The summed E-state index contributed by atoms with van der Waals surface area (Å²) in [6.45, 7) is 1.64. The molecule has 0 aromatic carbocycles. The quantitative estimate of drug-likeness (QED) is 0.868. The number of aliphatic carboxylic acids is 1. The first-order valence-electron chi connectivity index (χ1n) is 4.07. The number of hydrogen-bond acceptors (Lipinski definition) is 2. The smallest absolute Gasteiger partial charge is 0.309 e. The van der Waals surface area contributed by atoms with Crippen LogP contribution in [0.15, 0.2) is 6.07 Å². The molecule has 0 fully saturated rings. The first-order valence-corrected chi connectivity index (χ1v) is 5.15. The summed E-state index contributed by atoms with van der Waals surface area (Å²) in [5.74, 6) is -1.16. The Balaban J connectivity index is 3.26. The van der Waals surface area contributed by atoms with E-state index in [0.717, 1.165) is 0 Å². The lowest BCUT2D eigenvalue weighted by Gasteiger charge is -2.09. The monoisotopic (exact) mass is 327 g/mol. The van der Waals surface area contributed by atoms with Crippen molar-refractivity contribution in [1.82, 2.24) is 4.98 Å². The molecule has 1 rings (SSSR count). The molecule has 0 amide bonds. The molecule has 0 bridgehead atoms. The Labute approximate surface area is 98.7 Å². The van der Waals surface area contributed by atoms with Gasteiger partial charge >= 0.3 is 5.97 Å². The summed E-state index contributed by atoms with van der Waals surface area (Å²) in [7, 11) is 0. The van der Waals surface area contributed by atoms with Gasteiger partial charge in [0.25, 0.3) is 6.43 Å². The zero-order valence-electron chi connectivity index (χ0n) is 7.80. The van der Waals surface area contributed by atoms with Crippen molar-refractivity contribution in [3.05, 3.63) is 26.6 Å². The molecule has 0 saturated heterocycles. The van der Waals surface area contributed by atoms with Crippen molar-refractivity contribution >= 4 is 28.6 Å². The van der Waals surface area contributed by atoms with E-state index in [0.29, 0.717) is 9.26 Å². The van der Waals surface area contributed by atoms with Crippen LogP contribution >= 0.6 is 22.6 Å². The van der Waals surface area contributed by atoms with Gasteiger partial charge in [0.15, 0.2) is 0 Å². The fourth-order valence-corrected chi connectivity index (χ4v) is 2.21. The standard InChI is InChI=1S/C9H8F2INO2/c1-4-2-5(12)8(9(10)11)6(13-4)3-7(14)15/h2,9H,3H2,1H3,(H,14,15). The summed E-state index contributed by atoms with van der Waals surface area (Å²) >= 11 is 1.76. The number of pyridine rings is 1. The summed E-state index contributed by atoms with van der Waals surface area (Å²) in [5, 5.41) is 8.57. The lowest BCUT2D eigenvalue weighted by Crippen LogP contribution is -2.09. The van der Waals surface area contributed by atoms with E-state index in [4.69, 9.17) is 5.11 Å². The van der Waals surface area contributed by atoms with Gasteiger partial charge in [-0.3, -0.25) is 9.78 Å². The number of aromatic nitrogens is 1. The topological polar surface area (TPSA) is 50.2 Å². The van der Waals surface area contributed by atoms with Crippen molar-refractivity contribution in [1.29, 1.82) is 0 Å². The number of halogens is 3. The van der Waals surface area contributed by atoms with E-state index in [1.165, 1.54) is 6.07 Å². The lowest BCUT2D eigenvalue weighted by molar-refractivity contribution is -0.136. The summed E-state index contributed by atoms with van der Waals surface area (Å²) in [5.41, 5.74) is 0.213. The normalized spacial score (nSPS) is 10.7. The molecule has 0 radical (unpaired) electrons. The van der Waals surface area contributed by atoms with Gasteiger partial charge in [-0.25, -0.2) is 8.78 Å². The third-order valence-electron chi connectivity index (χ3n) is 1.75. The van der Waals surface area contributed by atoms with E-state index < -0.39 is 18.8 Å². The van der Waals surface area contributed by atoms with Gasteiger partial charge in [-0.05, 0) is 35.6 Å². The highest BCUT2D eigenvalue weighted by atomic mass is 127. The fraction of sp³-hybridized carbons (Fsp3) is 0.333. The summed E-state index contributed by atoms with van der Waals surface area (Å²) < 4.78 is 25.6. The molecule has 0 unspecified atom stereocenters. The molecule has 0 aliphatic rings. The van der Waals surface area contributed by atoms with Gasteiger partial charge in [0, 0.05) is 9.26 Å². The second-order valence-corrected chi connectivity index (χ2v) is 4.14. The number of carboxylic acid groups (broad SMARTS) is 1. The third-order valence-corrected chi connectivity index (χ3v) is 2.64. The maximum atomic E-state index is 12.6. The first-order chi connectivity index (χ1) is 6.91. The van der Waals surface area contributed by atoms with Crippen LogP contribution in [-0.2, 0) is 11.2 Å². The number of hydrogen-bond donors (Lipinski definition) is 1. The highest BCUT2D eigenvalue weighted by Crippen LogP contribution is 2.27. The van der Waals surface area contributed by atoms with Gasteiger partial charge in [-0.15, -0.1) is 0 Å². The minimum atomic E-state index is -2.70. The Kier molecular flexibility index (Phi) is 3.95. The van der Waals surface area contributed by atoms with Crippen LogP contribution in [0.1, 0.15) is 23.4 Å². The Morgan fingerprint density at radius 3 is 2.73 bits per heavy atom. The molecular weight excluding hydrogens is 319 g/mol. The van der Waals surface area contributed by atoms with Crippen LogP contribution in [0.5, 0.6) is 0 Å². The van der Waals surface area contributed by atoms with Crippen molar-refractivity contribution in [2.24, 2.45) is 0 Å². The molecule has 15 heavy (non-hydrogen) atoms. The van der Waals surface area contributed by atoms with Crippen molar-refractivity contribution in [3.63, 3.8) is 0 Å². The van der Waals surface area contributed by atoms with Crippen molar-refractivity contribution < 1.29 is 18.7 Å². The fourth-order valence-electron chi connectivity index (χ4n) is 1.21. The predicted octanol–water partition coefficient (Wildman–Crippen LogP) is 2.56. The number of aryl methyl sites for hydroxylation is 1. The van der Waals surface area contributed by atoms with Gasteiger partial charge in [0.2, 0.25) is 0 Å². The van der Waals surface area contributed by atoms with Gasteiger partial charge in [0.1, 0.15) is 0 Å². The van der Waals surface area contributed by atoms with E-state index in [-0.39, 0.29) is 11.3 Å². The van der Waals surface area contributed by atoms with E-state index in [2.05, 4.69) is 4.98 Å². The summed E-state index contributed by atoms with van der Waals surface area (Å²) in [6.07, 6.45) is -3.17. The molecule has 0 spiro atoms. The molecule has 0 saturated carbocycles. The number of alkyl halides is 2. The van der Waals surface area contributed by atoms with Crippen LogP contribution in [0.25, 0.3) is 0 Å². The van der Waals surface area contributed by atoms with Gasteiger partial charge < -0.3 is 5.11 Å². The molecule has 82 valence electrons. The van der Waals surface area contributed by atoms with Crippen molar-refractivity contribution in [3.8, 4) is 0 Å². The number of carboxylic acids is 1. The second-order valence-electron chi connectivity index (χ2n) is 2.98. The Hall–Kier alpha value is -0.790. The van der Waals surface area contributed by atoms with E-state index in [9.17, 15) is 13.6 Å². The molecule has 3 nitrogen and oxygen atoms in total. The predicted molar refractivity (Wildman–Crippen MR) is 58.0 cm³/mol. The molecule has 1 aromatic heterocycles. The van der Waals surface area contributed by atoms with Crippen LogP contribution in [-0.4, -0.2) is 16.1 Å². The highest BCUT2D eigenvalue weighted by molar-refractivity contribution is 14.1. The molecular formula is C9H8F2INO2. The van der Waals surface area contributed by atoms with E-state index in [1.807, 2.05) is 0 Å². The van der Waals surface area contributed by atoms with Gasteiger partial charge in [-0.2, -0.15) is 0 Å². The maximum absolute atomic E-state index is 12.6. The van der Waals surface area contributed by atoms with Gasteiger partial charge in [-0.1, -0.05) is 0 Å². The largest absolute Gasteiger partial charge is 0.481 e. The van der Waals surface area contributed by atoms with Crippen LogP contribution in [0.2, 0.25) is 0 Å². The summed E-state index contributed by atoms with van der Waals surface area (Å²) in [6, 6.07) is 1.51. The average molecular weight is 327 g/mol. The molecule has 0 aliphatic carbocycles. The average Bonchev–Trinajstić information content (AvgIpc) is 1.99. The molecule has 0 atom stereocenters. The Morgan fingerprint density at radius 2 is 2.27 bits per heavy atom. The Morgan fingerprint density at radius 1 is 1.67 bits per heavy atom.